The lowest BCUT2D eigenvalue weighted by Gasteiger charge is -2.05. The van der Waals surface area contributed by atoms with Crippen LogP contribution in [0, 0.1) is 0 Å². The van der Waals surface area contributed by atoms with Gasteiger partial charge in [0.15, 0.2) is 0 Å². The average molecular weight is 276 g/mol. The van der Waals surface area contributed by atoms with E-state index in [9.17, 15) is 8.42 Å². The van der Waals surface area contributed by atoms with E-state index in [0.717, 1.165) is 12.8 Å². The lowest BCUT2D eigenvalue weighted by atomic mass is 10.4. The highest BCUT2D eigenvalue weighted by molar-refractivity contribution is 7.89. The molecule has 3 N–H and O–H groups in total. The highest BCUT2D eigenvalue weighted by Gasteiger charge is 2.14. The number of ether oxygens (including phenoxy) is 1. The first kappa shape index (κ1) is 15.2. The number of rotatable bonds is 9. The zero-order chi connectivity index (χ0) is 13.4. The smallest absolute Gasteiger partial charge is 0.242 e. The second kappa shape index (κ2) is 7.52. The molecule has 0 amide bonds. The second-order valence-electron chi connectivity index (χ2n) is 3.88. The minimum absolute atomic E-state index is 0.125. The zero-order valence-corrected chi connectivity index (χ0v) is 11.3. The molecule has 0 spiro atoms. The molecule has 0 fully saturated rings. The van der Waals surface area contributed by atoms with Crippen LogP contribution in [-0.4, -0.2) is 38.3 Å². The fourth-order valence-electron chi connectivity index (χ4n) is 1.35. The summed E-state index contributed by atoms with van der Waals surface area (Å²) in [4.78, 5) is 2.80. The molecule has 7 heteroatoms. The SMILES string of the molecule is CCCCOCCNS(=O)(=O)c1c[nH]c(CO)c1. The number of aliphatic hydroxyl groups is 1. The molecule has 0 aromatic carbocycles. The minimum atomic E-state index is -3.51. The molecule has 0 aliphatic rings. The van der Waals surface area contributed by atoms with Crippen LogP contribution in [0.15, 0.2) is 17.2 Å². The van der Waals surface area contributed by atoms with Crippen molar-refractivity contribution in [3.8, 4) is 0 Å². The monoisotopic (exact) mass is 276 g/mol. The number of nitrogens with one attached hydrogen (secondary N) is 2. The van der Waals surface area contributed by atoms with Gasteiger partial charge in [-0.25, -0.2) is 13.1 Å². The Labute approximate surface area is 107 Å². The van der Waals surface area contributed by atoms with E-state index in [1.165, 1.54) is 12.3 Å². The van der Waals surface area contributed by atoms with Gasteiger partial charge in [0, 0.05) is 25.0 Å². The molecule has 1 rings (SSSR count). The Hall–Kier alpha value is -0.890. The molecule has 1 aromatic heterocycles. The van der Waals surface area contributed by atoms with E-state index in [2.05, 4.69) is 16.6 Å². The summed E-state index contributed by atoms with van der Waals surface area (Å²) in [6, 6.07) is 1.40. The van der Waals surface area contributed by atoms with E-state index < -0.39 is 10.0 Å². The van der Waals surface area contributed by atoms with Gasteiger partial charge in [-0.2, -0.15) is 0 Å². The van der Waals surface area contributed by atoms with E-state index in [1.54, 1.807) is 0 Å². The van der Waals surface area contributed by atoms with Crippen LogP contribution in [0.1, 0.15) is 25.5 Å². The van der Waals surface area contributed by atoms with Gasteiger partial charge in [-0.3, -0.25) is 0 Å². The van der Waals surface area contributed by atoms with E-state index in [0.29, 0.717) is 18.9 Å². The molecular formula is C11H20N2O4S. The first-order chi connectivity index (χ1) is 8.60. The molecular weight excluding hydrogens is 256 g/mol. The molecule has 0 saturated heterocycles. The van der Waals surface area contributed by atoms with Crippen molar-refractivity contribution in [2.24, 2.45) is 0 Å². The van der Waals surface area contributed by atoms with Crippen LogP contribution >= 0.6 is 0 Å². The number of unbranched alkanes of at least 4 members (excludes halogenated alkanes) is 1. The number of hydrogen-bond acceptors (Lipinski definition) is 4. The third-order valence-electron chi connectivity index (χ3n) is 2.38. The summed E-state index contributed by atoms with van der Waals surface area (Å²) in [5, 5.41) is 8.85. The highest BCUT2D eigenvalue weighted by atomic mass is 32.2. The molecule has 0 aliphatic heterocycles. The molecule has 1 heterocycles. The summed E-state index contributed by atoms with van der Waals surface area (Å²) < 4.78 is 31.3. The number of aromatic amines is 1. The van der Waals surface area contributed by atoms with Crippen molar-refractivity contribution in [1.82, 2.24) is 9.71 Å². The number of aromatic nitrogens is 1. The Morgan fingerprint density at radius 3 is 2.83 bits per heavy atom. The van der Waals surface area contributed by atoms with Gasteiger partial charge in [0.05, 0.1) is 18.1 Å². The predicted octanol–water partition coefficient (Wildman–Crippen LogP) is 0.602. The quantitative estimate of drug-likeness (QED) is 0.576. The van der Waals surface area contributed by atoms with Gasteiger partial charge < -0.3 is 14.8 Å². The van der Waals surface area contributed by atoms with Crippen LogP contribution in [0.3, 0.4) is 0 Å². The molecule has 18 heavy (non-hydrogen) atoms. The second-order valence-corrected chi connectivity index (χ2v) is 5.65. The third-order valence-corrected chi connectivity index (χ3v) is 3.82. The van der Waals surface area contributed by atoms with Gasteiger partial charge in [0.2, 0.25) is 10.0 Å². The summed E-state index contributed by atoms with van der Waals surface area (Å²) >= 11 is 0. The normalized spacial score (nSPS) is 11.9. The lowest BCUT2D eigenvalue weighted by Crippen LogP contribution is -2.27. The van der Waals surface area contributed by atoms with Gasteiger partial charge in [0.1, 0.15) is 0 Å². The molecule has 0 unspecified atom stereocenters. The maximum Gasteiger partial charge on any atom is 0.242 e. The van der Waals surface area contributed by atoms with Crippen LogP contribution in [0.25, 0.3) is 0 Å². The van der Waals surface area contributed by atoms with Gasteiger partial charge >= 0.3 is 0 Å². The summed E-state index contributed by atoms with van der Waals surface area (Å²) in [5.74, 6) is 0. The fourth-order valence-corrected chi connectivity index (χ4v) is 2.38. The number of hydrogen-bond donors (Lipinski definition) is 3. The third kappa shape index (κ3) is 4.77. The zero-order valence-electron chi connectivity index (χ0n) is 10.5. The van der Waals surface area contributed by atoms with Crippen molar-refractivity contribution in [1.29, 1.82) is 0 Å². The molecule has 0 radical (unpaired) electrons. The van der Waals surface area contributed by atoms with E-state index in [1.807, 2.05) is 0 Å². The summed E-state index contributed by atoms with van der Waals surface area (Å²) in [6.45, 7) is 3.10. The number of H-pyrrole nitrogens is 1. The van der Waals surface area contributed by atoms with Crippen molar-refractivity contribution >= 4 is 10.0 Å². The Morgan fingerprint density at radius 1 is 1.44 bits per heavy atom. The van der Waals surface area contributed by atoms with E-state index in [-0.39, 0.29) is 18.0 Å². The number of sulfonamides is 1. The van der Waals surface area contributed by atoms with Crippen molar-refractivity contribution in [2.75, 3.05) is 19.8 Å². The summed E-state index contributed by atoms with van der Waals surface area (Å²) in [5.41, 5.74) is 0.467. The van der Waals surface area contributed by atoms with Gasteiger partial charge in [-0.1, -0.05) is 13.3 Å². The Kier molecular flexibility index (Phi) is 6.34. The van der Waals surface area contributed by atoms with Crippen molar-refractivity contribution in [3.05, 3.63) is 18.0 Å². The fraction of sp³-hybridized carbons (Fsp3) is 0.636. The van der Waals surface area contributed by atoms with Crippen molar-refractivity contribution in [2.45, 2.75) is 31.3 Å². The maximum absolute atomic E-state index is 11.8. The predicted molar refractivity (Wildman–Crippen MR) is 67.6 cm³/mol. The molecule has 6 nitrogen and oxygen atoms in total. The Morgan fingerprint density at radius 2 is 2.22 bits per heavy atom. The molecule has 0 bridgehead atoms. The molecule has 1 aromatic rings. The molecule has 0 aliphatic carbocycles. The van der Waals surface area contributed by atoms with Crippen LogP contribution in [0.2, 0.25) is 0 Å². The largest absolute Gasteiger partial charge is 0.390 e. The van der Waals surface area contributed by atoms with Gasteiger partial charge in [-0.15, -0.1) is 0 Å². The standard InChI is InChI=1S/C11H20N2O4S/c1-2-3-5-17-6-4-13-18(15,16)11-7-10(9-14)12-8-11/h7-8,12-14H,2-6,9H2,1H3. The number of aliphatic hydroxyl groups excluding tert-OH is 1. The van der Waals surface area contributed by atoms with Gasteiger partial charge in [0.25, 0.3) is 0 Å². The highest BCUT2D eigenvalue weighted by Crippen LogP contribution is 2.10. The van der Waals surface area contributed by atoms with Crippen LogP contribution < -0.4 is 4.72 Å². The van der Waals surface area contributed by atoms with Crippen molar-refractivity contribution in [3.63, 3.8) is 0 Å². The van der Waals surface area contributed by atoms with Crippen molar-refractivity contribution < 1.29 is 18.3 Å². The Bertz CT molecular complexity index is 442. The molecule has 0 saturated carbocycles. The topological polar surface area (TPSA) is 91.4 Å². The van der Waals surface area contributed by atoms with Crippen LogP contribution in [-0.2, 0) is 21.4 Å². The van der Waals surface area contributed by atoms with Crippen LogP contribution in [0.5, 0.6) is 0 Å². The summed E-state index contributed by atoms with van der Waals surface area (Å²) in [6.07, 6.45) is 3.38. The first-order valence-electron chi connectivity index (χ1n) is 5.95. The minimum Gasteiger partial charge on any atom is -0.390 e. The van der Waals surface area contributed by atoms with Crippen LogP contribution in [0.4, 0.5) is 0 Å². The Balaban J connectivity index is 2.36. The lowest BCUT2D eigenvalue weighted by molar-refractivity contribution is 0.136. The molecule has 0 atom stereocenters. The first-order valence-corrected chi connectivity index (χ1v) is 7.44. The van der Waals surface area contributed by atoms with E-state index in [4.69, 9.17) is 9.84 Å². The van der Waals surface area contributed by atoms with Gasteiger partial charge in [-0.05, 0) is 12.5 Å². The van der Waals surface area contributed by atoms with E-state index >= 15 is 0 Å². The summed E-state index contributed by atoms with van der Waals surface area (Å²) in [7, 11) is -3.51. The maximum atomic E-state index is 11.8. The average Bonchev–Trinajstić information content (AvgIpc) is 2.83. The molecule has 104 valence electrons.